The number of carbonyl (C=O) groups excluding carboxylic acids is 2. The van der Waals surface area contributed by atoms with Crippen LogP contribution >= 0.6 is 0 Å². The van der Waals surface area contributed by atoms with Gasteiger partial charge in [0.1, 0.15) is 5.54 Å². The zero-order valence-corrected chi connectivity index (χ0v) is 12.6. The minimum absolute atomic E-state index is 0.109. The van der Waals surface area contributed by atoms with Gasteiger partial charge in [0.15, 0.2) is 0 Å². The average molecular weight is 305 g/mol. The summed E-state index contributed by atoms with van der Waals surface area (Å²) >= 11 is 0. The first kappa shape index (κ1) is 16.3. The van der Waals surface area contributed by atoms with Crippen LogP contribution in [0.15, 0.2) is 30.3 Å². The second-order valence-corrected chi connectivity index (χ2v) is 5.56. The molecule has 6 heteroatoms. The molecule has 1 aliphatic carbocycles. The molecule has 22 heavy (non-hydrogen) atoms. The predicted octanol–water partition coefficient (Wildman–Crippen LogP) is 0.907. The van der Waals surface area contributed by atoms with Gasteiger partial charge in [-0.2, -0.15) is 0 Å². The summed E-state index contributed by atoms with van der Waals surface area (Å²) in [4.78, 5) is 24.4. The van der Waals surface area contributed by atoms with Gasteiger partial charge in [-0.05, 0) is 18.4 Å². The Bertz CT molecular complexity index is 499. The Hall–Kier alpha value is -2.08. The number of aliphatic hydroxyl groups excluding tert-OH is 1. The molecule has 2 rings (SSSR count). The molecule has 0 bridgehead atoms. The molecule has 0 spiro atoms. The minimum atomic E-state index is -0.851. The molecule has 0 saturated heterocycles. The van der Waals surface area contributed by atoms with Crippen LogP contribution in [0, 0.1) is 0 Å². The number of urea groups is 1. The van der Waals surface area contributed by atoms with Gasteiger partial charge in [-0.25, -0.2) is 4.79 Å². The summed E-state index contributed by atoms with van der Waals surface area (Å²) in [5, 5.41) is 17.1. The zero-order chi connectivity index (χ0) is 15.8. The van der Waals surface area contributed by atoms with E-state index in [4.69, 9.17) is 5.11 Å². The minimum Gasteiger partial charge on any atom is -0.395 e. The fourth-order valence-corrected chi connectivity index (χ4v) is 2.77. The summed E-state index contributed by atoms with van der Waals surface area (Å²) < 4.78 is 0. The van der Waals surface area contributed by atoms with Gasteiger partial charge in [-0.3, -0.25) is 4.79 Å². The summed E-state index contributed by atoms with van der Waals surface area (Å²) in [6.45, 7) is 0.511. The Morgan fingerprint density at radius 2 is 1.77 bits per heavy atom. The molecule has 0 aromatic heterocycles. The largest absolute Gasteiger partial charge is 0.395 e. The second kappa shape index (κ2) is 7.79. The van der Waals surface area contributed by atoms with E-state index >= 15 is 0 Å². The Labute approximate surface area is 130 Å². The van der Waals surface area contributed by atoms with Gasteiger partial charge in [0.05, 0.1) is 6.61 Å². The van der Waals surface area contributed by atoms with Crippen LogP contribution in [0.25, 0.3) is 0 Å². The molecule has 1 fully saturated rings. The summed E-state index contributed by atoms with van der Waals surface area (Å²) in [5.74, 6) is -0.214. The molecule has 0 heterocycles. The molecule has 0 unspecified atom stereocenters. The van der Waals surface area contributed by atoms with Gasteiger partial charge in [0, 0.05) is 13.1 Å². The Kier molecular flexibility index (Phi) is 5.77. The van der Waals surface area contributed by atoms with E-state index in [0.29, 0.717) is 19.4 Å². The summed E-state index contributed by atoms with van der Waals surface area (Å²) in [5.41, 5.74) is 0.151. The van der Waals surface area contributed by atoms with Crippen molar-refractivity contribution in [2.75, 3.05) is 13.2 Å². The fraction of sp³-hybridized carbons (Fsp3) is 0.500. The van der Waals surface area contributed by atoms with Crippen molar-refractivity contribution in [3.63, 3.8) is 0 Å². The van der Waals surface area contributed by atoms with Gasteiger partial charge in [-0.15, -0.1) is 0 Å². The first-order valence-electron chi connectivity index (χ1n) is 7.65. The number of rotatable bonds is 6. The third kappa shape index (κ3) is 4.21. The lowest BCUT2D eigenvalue weighted by Crippen LogP contribution is -2.59. The van der Waals surface area contributed by atoms with Gasteiger partial charge in [0.2, 0.25) is 5.91 Å². The van der Waals surface area contributed by atoms with Gasteiger partial charge < -0.3 is 21.1 Å². The molecular weight excluding hydrogens is 282 g/mol. The van der Waals surface area contributed by atoms with Crippen molar-refractivity contribution in [3.8, 4) is 0 Å². The predicted molar refractivity (Wildman–Crippen MR) is 83.1 cm³/mol. The van der Waals surface area contributed by atoms with Gasteiger partial charge in [-0.1, -0.05) is 43.2 Å². The van der Waals surface area contributed by atoms with Crippen molar-refractivity contribution >= 4 is 11.9 Å². The van der Waals surface area contributed by atoms with Crippen molar-refractivity contribution in [3.05, 3.63) is 35.9 Å². The van der Waals surface area contributed by atoms with E-state index < -0.39 is 5.54 Å². The molecule has 1 aromatic carbocycles. The molecule has 6 nitrogen and oxygen atoms in total. The van der Waals surface area contributed by atoms with Crippen molar-refractivity contribution in [1.82, 2.24) is 16.0 Å². The standard InChI is InChI=1S/C16H23N3O3/c20-11-10-17-14(21)16(8-4-5-9-16)19-15(22)18-12-13-6-2-1-3-7-13/h1-3,6-7,20H,4-5,8-12H2,(H,17,21)(H2,18,19,22). The SMILES string of the molecule is O=C(NCc1ccccc1)NC1(C(=O)NCCO)CCCC1. The van der Waals surface area contributed by atoms with Crippen molar-refractivity contribution in [1.29, 1.82) is 0 Å². The lowest BCUT2D eigenvalue weighted by atomic mass is 9.96. The van der Waals surface area contributed by atoms with E-state index in [2.05, 4.69) is 16.0 Å². The monoisotopic (exact) mass is 305 g/mol. The van der Waals surface area contributed by atoms with Crippen LogP contribution < -0.4 is 16.0 Å². The van der Waals surface area contributed by atoms with Crippen molar-refractivity contribution < 1.29 is 14.7 Å². The summed E-state index contributed by atoms with van der Waals surface area (Å²) in [6.07, 6.45) is 3.07. The lowest BCUT2D eigenvalue weighted by Gasteiger charge is -2.29. The highest BCUT2D eigenvalue weighted by atomic mass is 16.3. The maximum atomic E-state index is 12.3. The normalized spacial score (nSPS) is 16.0. The highest BCUT2D eigenvalue weighted by Gasteiger charge is 2.42. The molecule has 1 saturated carbocycles. The number of hydrogen-bond donors (Lipinski definition) is 4. The van der Waals surface area contributed by atoms with E-state index in [1.54, 1.807) is 0 Å². The van der Waals surface area contributed by atoms with Crippen LogP contribution in [0.3, 0.4) is 0 Å². The van der Waals surface area contributed by atoms with Gasteiger partial charge >= 0.3 is 6.03 Å². The molecule has 120 valence electrons. The van der Waals surface area contributed by atoms with Crippen molar-refractivity contribution in [2.45, 2.75) is 37.8 Å². The van der Waals surface area contributed by atoms with Crippen LogP contribution in [0.5, 0.6) is 0 Å². The molecule has 0 aliphatic heterocycles. The van der Waals surface area contributed by atoms with Crippen LogP contribution in [0.2, 0.25) is 0 Å². The molecular formula is C16H23N3O3. The van der Waals surface area contributed by atoms with E-state index in [-0.39, 0.29) is 25.1 Å². The number of hydrogen-bond acceptors (Lipinski definition) is 3. The topological polar surface area (TPSA) is 90.5 Å². The maximum absolute atomic E-state index is 12.3. The molecule has 0 atom stereocenters. The van der Waals surface area contributed by atoms with Crippen LogP contribution in [0.1, 0.15) is 31.2 Å². The molecule has 3 amide bonds. The number of carbonyl (C=O) groups is 2. The van der Waals surface area contributed by atoms with Gasteiger partial charge in [0.25, 0.3) is 0 Å². The van der Waals surface area contributed by atoms with Crippen molar-refractivity contribution in [2.24, 2.45) is 0 Å². The number of amides is 3. The third-order valence-corrected chi connectivity index (χ3v) is 3.94. The quantitative estimate of drug-likeness (QED) is 0.629. The fourth-order valence-electron chi connectivity index (χ4n) is 2.77. The van der Waals surface area contributed by atoms with E-state index in [1.807, 2.05) is 30.3 Å². The first-order valence-corrected chi connectivity index (χ1v) is 7.65. The number of aliphatic hydroxyl groups is 1. The summed E-state index contributed by atoms with van der Waals surface area (Å²) in [7, 11) is 0. The second-order valence-electron chi connectivity index (χ2n) is 5.56. The maximum Gasteiger partial charge on any atom is 0.315 e. The van der Waals surface area contributed by atoms with Crippen LogP contribution in [-0.4, -0.2) is 35.7 Å². The Morgan fingerprint density at radius 3 is 2.41 bits per heavy atom. The molecule has 0 radical (unpaired) electrons. The van der Waals surface area contributed by atoms with E-state index in [0.717, 1.165) is 18.4 Å². The Balaban J connectivity index is 1.90. The molecule has 1 aromatic rings. The van der Waals surface area contributed by atoms with E-state index in [9.17, 15) is 9.59 Å². The zero-order valence-electron chi connectivity index (χ0n) is 12.6. The van der Waals surface area contributed by atoms with E-state index in [1.165, 1.54) is 0 Å². The Morgan fingerprint density at radius 1 is 1.09 bits per heavy atom. The molecule has 1 aliphatic rings. The smallest absolute Gasteiger partial charge is 0.315 e. The van der Waals surface area contributed by atoms with Crippen LogP contribution in [0.4, 0.5) is 4.79 Å². The summed E-state index contributed by atoms with van der Waals surface area (Å²) in [6, 6.07) is 9.26. The number of benzene rings is 1. The van der Waals surface area contributed by atoms with Crippen LogP contribution in [-0.2, 0) is 11.3 Å². The highest BCUT2D eigenvalue weighted by molar-refractivity contribution is 5.91. The third-order valence-electron chi connectivity index (χ3n) is 3.94. The highest BCUT2D eigenvalue weighted by Crippen LogP contribution is 2.29. The average Bonchev–Trinajstić information content (AvgIpc) is 3.01. The lowest BCUT2D eigenvalue weighted by molar-refractivity contribution is -0.127. The number of nitrogens with one attached hydrogen (secondary N) is 3. The first-order chi connectivity index (χ1) is 10.7. The molecule has 4 N–H and O–H groups in total.